The summed E-state index contributed by atoms with van der Waals surface area (Å²) in [6, 6.07) is 0.0880. The second kappa shape index (κ2) is 4.34. The number of hydrogen-bond donors (Lipinski definition) is 1. The van der Waals surface area contributed by atoms with Crippen LogP contribution >= 0.6 is 0 Å². The molecule has 0 aromatic heterocycles. The van der Waals surface area contributed by atoms with Gasteiger partial charge in [0.05, 0.1) is 12.6 Å². The van der Waals surface area contributed by atoms with Crippen LogP contribution in [-0.4, -0.2) is 26.2 Å². The van der Waals surface area contributed by atoms with Gasteiger partial charge in [-0.25, -0.2) is 0 Å². The third-order valence-electron chi connectivity index (χ3n) is 1.65. The molecule has 0 aromatic carbocycles. The molecule has 0 heterocycles. The van der Waals surface area contributed by atoms with Gasteiger partial charge in [-0.2, -0.15) is 0 Å². The van der Waals surface area contributed by atoms with Crippen LogP contribution in [0.25, 0.3) is 0 Å². The van der Waals surface area contributed by atoms with Crippen molar-refractivity contribution in [2.75, 3.05) is 13.7 Å². The highest BCUT2D eigenvalue weighted by atomic mass is 16.5. The summed E-state index contributed by atoms with van der Waals surface area (Å²) in [5.41, 5.74) is 0.0525. The molecule has 3 heteroatoms. The third-order valence-corrected chi connectivity index (χ3v) is 1.65. The van der Waals surface area contributed by atoms with Crippen LogP contribution in [0.15, 0.2) is 0 Å². The second-order valence-corrected chi connectivity index (χ2v) is 3.66. The van der Waals surface area contributed by atoms with Crippen LogP contribution in [-0.2, 0) is 9.53 Å². The fraction of sp³-hybridized carbons (Fsp3) is 0.875. The average molecular weight is 159 g/mol. The highest BCUT2D eigenvalue weighted by Gasteiger charge is 2.23. The zero-order valence-electron chi connectivity index (χ0n) is 7.68. The Hall–Kier alpha value is -0.570. The summed E-state index contributed by atoms with van der Waals surface area (Å²) in [6.07, 6.45) is 0.717. The minimum Gasteiger partial charge on any atom is -0.383 e. The highest BCUT2D eigenvalue weighted by molar-refractivity contribution is 5.46. The van der Waals surface area contributed by atoms with Crippen LogP contribution in [0.1, 0.15) is 20.8 Å². The molecule has 0 bridgehead atoms. The molecule has 0 rings (SSSR count). The Kier molecular flexibility index (Phi) is 4.11. The van der Waals surface area contributed by atoms with Crippen LogP contribution in [0.3, 0.4) is 0 Å². The Labute approximate surface area is 68.1 Å². The molecule has 66 valence electrons. The van der Waals surface area contributed by atoms with Gasteiger partial charge < -0.3 is 10.1 Å². The van der Waals surface area contributed by atoms with Crippen molar-refractivity contribution in [2.24, 2.45) is 5.41 Å². The van der Waals surface area contributed by atoms with Gasteiger partial charge in [0.1, 0.15) is 0 Å². The molecule has 1 amide bonds. The first kappa shape index (κ1) is 10.4. The summed E-state index contributed by atoms with van der Waals surface area (Å²) in [5, 5.41) is 2.72. The lowest BCUT2D eigenvalue weighted by molar-refractivity contribution is -0.111. The summed E-state index contributed by atoms with van der Waals surface area (Å²) in [5.74, 6) is 0. The molecule has 1 atom stereocenters. The first-order valence-corrected chi connectivity index (χ1v) is 3.71. The normalized spacial score (nSPS) is 14.2. The van der Waals surface area contributed by atoms with E-state index >= 15 is 0 Å². The number of amides is 1. The molecule has 11 heavy (non-hydrogen) atoms. The molecule has 0 fully saturated rings. The lowest BCUT2D eigenvalue weighted by atomic mass is 9.87. The summed E-state index contributed by atoms with van der Waals surface area (Å²) in [4.78, 5) is 10.2. The largest absolute Gasteiger partial charge is 0.383 e. The minimum absolute atomic E-state index is 0.0525. The van der Waals surface area contributed by atoms with Crippen molar-refractivity contribution in [2.45, 2.75) is 26.8 Å². The minimum atomic E-state index is 0.0525. The number of carbonyl (C=O) groups excluding carboxylic acids is 1. The van der Waals surface area contributed by atoms with E-state index in [2.05, 4.69) is 26.1 Å². The molecule has 0 spiro atoms. The molecule has 0 unspecified atom stereocenters. The Bertz CT molecular complexity index is 118. The van der Waals surface area contributed by atoms with Gasteiger partial charge in [-0.05, 0) is 5.41 Å². The fourth-order valence-corrected chi connectivity index (χ4v) is 0.797. The summed E-state index contributed by atoms with van der Waals surface area (Å²) in [6.45, 7) is 6.75. The van der Waals surface area contributed by atoms with E-state index in [0.717, 1.165) is 6.41 Å². The van der Waals surface area contributed by atoms with Gasteiger partial charge in [0.2, 0.25) is 6.41 Å². The van der Waals surface area contributed by atoms with Gasteiger partial charge in [-0.1, -0.05) is 20.8 Å². The zero-order valence-corrected chi connectivity index (χ0v) is 7.68. The molecule has 0 aliphatic rings. The Balaban J connectivity index is 3.97. The second-order valence-electron chi connectivity index (χ2n) is 3.66. The van der Waals surface area contributed by atoms with Crippen LogP contribution < -0.4 is 5.32 Å². The Morgan fingerprint density at radius 2 is 2.09 bits per heavy atom. The maximum Gasteiger partial charge on any atom is 0.207 e. The van der Waals surface area contributed by atoms with E-state index in [4.69, 9.17) is 4.74 Å². The maximum atomic E-state index is 10.2. The summed E-state index contributed by atoms with van der Waals surface area (Å²) >= 11 is 0. The lowest BCUT2D eigenvalue weighted by Gasteiger charge is -2.29. The van der Waals surface area contributed by atoms with Crippen LogP contribution in [0.2, 0.25) is 0 Å². The maximum absolute atomic E-state index is 10.2. The quantitative estimate of drug-likeness (QED) is 0.616. The summed E-state index contributed by atoms with van der Waals surface area (Å²) < 4.78 is 4.96. The molecular formula is C8H17NO2. The lowest BCUT2D eigenvalue weighted by Crippen LogP contribution is -2.42. The average Bonchev–Trinajstić information content (AvgIpc) is 1.85. The van der Waals surface area contributed by atoms with Crippen molar-refractivity contribution in [3.8, 4) is 0 Å². The van der Waals surface area contributed by atoms with E-state index in [1.807, 2.05) is 0 Å². The molecule has 1 N–H and O–H groups in total. The van der Waals surface area contributed by atoms with Gasteiger partial charge in [-0.3, -0.25) is 4.79 Å². The molecule has 0 saturated heterocycles. The number of hydrogen-bond acceptors (Lipinski definition) is 2. The van der Waals surface area contributed by atoms with E-state index in [-0.39, 0.29) is 11.5 Å². The van der Waals surface area contributed by atoms with Crippen LogP contribution in [0, 0.1) is 5.41 Å². The highest BCUT2D eigenvalue weighted by Crippen LogP contribution is 2.18. The molecule has 0 saturated carbocycles. The van der Waals surface area contributed by atoms with E-state index in [9.17, 15) is 4.79 Å². The molecule has 0 aliphatic heterocycles. The number of methoxy groups -OCH3 is 1. The van der Waals surface area contributed by atoms with Crippen molar-refractivity contribution < 1.29 is 9.53 Å². The van der Waals surface area contributed by atoms with Crippen molar-refractivity contribution >= 4 is 6.41 Å². The molecular weight excluding hydrogens is 142 g/mol. The third kappa shape index (κ3) is 3.98. The van der Waals surface area contributed by atoms with E-state index in [1.54, 1.807) is 7.11 Å². The SMILES string of the molecule is COC[C@@H](NC=O)C(C)(C)C. The predicted octanol–water partition coefficient (Wildman–Crippen LogP) is 0.793. The first-order valence-electron chi connectivity index (χ1n) is 3.71. The van der Waals surface area contributed by atoms with Gasteiger partial charge in [-0.15, -0.1) is 0 Å². The molecule has 3 nitrogen and oxygen atoms in total. The topological polar surface area (TPSA) is 38.3 Å². The van der Waals surface area contributed by atoms with Crippen molar-refractivity contribution in [1.82, 2.24) is 5.32 Å². The van der Waals surface area contributed by atoms with Crippen molar-refractivity contribution in [3.05, 3.63) is 0 Å². The van der Waals surface area contributed by atoms with Crippen LogP contribution in [0.5, 0.6) is 0 Å². The van der Waals surface area contributed by atoms with Crippen molar-refractivity contribution in [1.29, 1.82) is 0 Å². The van der Waals surface area contributed by atoms with E-state index in [1.165, 1.54) is 0 Å². The van der Waals surface area contributed by atoms with Gasteiger partial charge in [0, 0.05) is 7.11 Å². The van der Waals surface area contributed by atoms with Crippen molar-refractivity contribution in [3.63, 3.8) is 0 Å². The van der Waals surface area contributed by atoms with E-state index < -0.39 is 0 Å². The van der Waals surface area contributed by atoms with E-state index in [0.29, 0.717) is 6.61 Å². The number of nitrogens with one attached hydrogen (secondary N) is 1. The first-order chi connectivity index (χ1) is 5.02. The number of rotatable bonds is 4. The molecule has 0 aliphatic carbocycles. The van der Waals surface area contributed by atoms with Gasteiger partial charge >= 0.3 is 0 Å². The Morgan fingerprint density at radius 3 is 2.36 bits per heavy atom. The Morgan fingerprint density at radius 1 is 1.55 bits per heavy atom. The van der Waals surface area contributed by atoms with Crippen LogP contribution in [0.4, 0.5) is 0 Å². The standard InChI is InChI=1S/C8H17NO2/c1-8(2,3)7(5-11-4)9-6-10/h6-7H,5H2,1-4H3,(H,9,10)/t7-/m1/s1. The monoisotopic (exact) mass is 159 g/mol. The van der Waals surface area contributed by atoms with Gasteiger partial charge in [0.25, 0.3) is 0 Å². The predicted molar refractivity (Wildman–Crippen MR) is 44.3 cm³/mol. The smallest absolute Gasteiger partial charge is 0.207 e. The zero-order chi connectivity index (χ0) is 8.91. The fourth-order valence-electron chi connectivity index (χ4n) is 0.797. The summed E-state index contributed by atoms with van der Waals surface area (Å²) in [7, 11) is 1.63. The van der Waals surface area contributed by atoms with Gasteiger partial charge in [0.15, 0.2) is 0 Å². The molecule has 0 aromatic rings. The number of ether oxygens (including phenoxy) is 1. The number of carbonyl (C=O) groups is 1. The molecule has 0 radical (unpaired) electrons.